The van der Waals surface area contributed by atoms with Crippen LogP contribution in [0.15, 0.2) is 40.3 Å². The first kappa shape index (κ1) is 25.2. The summed E-state index contributed by atoms with van der Waals surface area (Å²) in [6.45, 7) is 0.738. The third kappa shape index (κ3) is 5.20. The molecule has 190 valence electrons. The van der Waals surface area contributed by atoms with Crippen molar-refractivity contribution in [3.8, 4) is 0 Å². The fourth-order valence-corrected chi connectivity index (χ4v) is 4.30. The first-order valence-electron chi connectivity index (χ1n) is 11.1. The smallest absolute Gasteiger partial charge is 0.372 e. The zero-order valence-corrected chi connectivity index (χ0v) is 18.8. The van der Waals surface area contributed by atoms with Gasteiger partial charge in [0.15, 0.2) is 11.5 Å². The second kappa shape index (κ2) is 9.97. The Morgan fingerprint density at radius 2 is 2.00 bits per heavy atom. The molecule has 4 rings (SSSR count). The van der Waals surface area contributed by atoms with Gasteiger partial charge in [-0.3, -0.25) is 23.7 Å². The molecule has 1 N–H and O–H groups in total. The Morgan fingerprint density at radius 1 is 1.23 bits per heavy atom. The first-order chi connectivity index (χ1) is 16.6. The minimum absolute atomic E-state index is 0.112. The second-order valence-electron chi connectivity index (χ2n) is 8.33. The number of aliphatic hydroxyl groups excluding tert-OH is 1. The highest BCUT2D eigenvalue weighted by Gasteiger charge is 2.44. The van der Waals surface area contributed by atoms with Gasteiger partial charge in [0.1, 0.15) is 18.6 Å². The number of aromatic nitrogens is 2. The summed E-state index contributed by atoms with van der Waals surface area (Å²) in [4.78, 5) is 9.84. The van der Waals surface area contributed by atoms with E-state index in [1.807, 2.05) is 0 Å². The van der Waals surface area contributed by atoms with Crippen LogP contribution in [0.2, 0.25) is 0 Å². The molecule has 0 radical (unpaired) electrons. The molecule has 0 aliphatic carbocycles. The van der Waals surface area contributed by atoms with Crippen molar-refractivity contribution in [3.05, 3.63) is 47.6 Å². The molecule has 3 unspecified atom stereocenters. The Kier molecular flexibility index (Phi) is 7.17. The summed E-state index contributed by atoms with van der Waals surface area (Å²) < 4.78 is 81.5. The Balaban J connectivity index is 1.67. The average Bonchev–Trinajstić information content (AvgIpc) is 3.36. The summed E-state index contributed by atoms with van der Waals surface area (Å²) in [7, 11) is 0. The Hall–Kier alpha value is -2.93. The summed E-state index contributed by atoms with van der Waals surface area (Å²) in [6, 6.07) is -0.283. The molecule has 13 heteroatoms. The number of aliphatic hydroxyl groups is 1. The van der Waals surface area contributed by atoms with E-state index in [2.05, 4.69) is 15.1 Å². The molecule has 3 atom stereocenters. The van der Waals surface area contributed by atoms with Crippen LogP contribution in [-0.2, 0) is 0 Å². The fraction of sp³-hybridized carbons (Fsp3) is 0.500. The number of nitrogens with zero attached hydrogens (tertiary/aromatic N) is 6. The van der Waals surface area contributed by atoms with Crippen LogP contribution in [-0.4, -0.2) is 81.1 Å². The number of hydrazone groups is 1. The molecule has 2 aliphatic heterocycles. The largest absolute Gasteiger partial charge is 0.407 e. The van der Waals surface area contributed by atoms with Crippen molar-refractivity contribution in [2.24, 2.45) is 16.0 Å². The number of alkyl halides is 4. The molecule has 7 nitrogen and oxygen atoms in total. The number of halogens is 6. The number of hydrogen-bond acceptors (Lipinski definition) is 6. The predicted octanol–water partition coefficient (Wildman–Crippen LogP) is 3.54. The molecule has 2 aromatic heterocycles. The summed E-state index contributed by atoms with van der Waals surface area (Å²) in [5.41, 5.74) is 0.192. The number of likely N-dealkylation sites (N-methyl/N-ethyl adjacent to an activating group) is 1. The predicted molar refractivity (Wildman–Crippen MR) is 117 cm³/mol. The Labute approximate surface area is 197 Å². The molecule has 0 amide bonds. The molecule has 0 bridgehead atoms. The van der Waals surface area contributed by atoms with E-state index in [0.717, 1.165) is 15.6 Å². The zero-order chi connectivity index (χ0) is 25.3. The minimum Gasteiger partial charge on any atom is -0.372 e. The van der Waals surface area contributed by atoms with E-state index in [0.29, 0.717) is 32.0 Å². The highest BCUT2D eigenvalue weighted by molar-refractivity contribution is 6.11. The van der Waals surface area contributed by atoms with Crippen molar-refractivity contribution < 1.29 is 31.4 Å². The lowest BCUT2D eigenvalue weighted by molar-refractivity contribution is -0.148. The van der Waals surface area contributed by atoms with Crippen molar-refractivity contribution in [1.29, 1.82) is 0 Å². The van der Waals surface area contributed by atoms with Crippen LogP contribution in [0.1, 0.15) is 25.5 Å². The van der Waals surface area contributed by atoms with Crippen LogP contribution >= 0.6 is 0 Å². The SMILES string of the molecule is CCN(CCCCF)C(O)C1=CC2C(C=N1)C(c1cnc3c(F)cc(F)cn13)=NN2CC(F)(F)F. The van der Waals surface area contributed by atoms with Crippen LogP contribution in [0.3, 0.4) is 0 Å². The van der Waals surface area contributed by atoms with E-state index in [1.54, 1.807) is 11.8 Å². The van der Waals surface area contributed by atoms with Crippen LogP contribution in [0.25, 0.3) is 5.65 Å². The number of imidazole rings is 1. The van der Waals surface area contributed by atoms with Gasteiger partial charge in [0.05, 0.1) is 41.9 Å². The molecule has 0 saturated heterocycles. The van der Waals surface area contributed by atoms with Gasteiger partial charge in [-0.25, -0.2) is 13.8 Å². The maximum Gasteiger partial charge on any atom is 0.407 e. The second-order valence-corrected chi connectivity index (χ2v) is 8.33. The maximum atomic E-state index is 14.1. The molecule has 35 heavy (non-hydrogen) atoms. The van der Waals surface area contributed by atoms with Gasteiger partial charge in [0.2, 0.25) is 0 Å². The van der Waals surface area contributed by atoms with Crippen LogP contribution in [0.5, 0.6) is 0 Å². The lowest BCUT2D eigenvalue weighted by atomic mass is 9.92. The van der Waals surface area contributed by atoms with Gasteiger partial charge < -0.3 is 5.11 Å². The molecular formula is C22H24F6N6O. The minimum atomic E-state index is -4.58. The van der Waals surface area contributed by atoms with Crippen molar-refractivity contribution in [1.82, 2.24) is 19.3 Å². The molecule has 0 fully saturated rings. The van der Waals surface area contributed by atoms with Crippen molar-refractivity contribution in [2.45, 2.75) is 38.2 Å². The van der Waals surface area contributed by atoms with Gasteiger partial charge in [0, 0.05) is 25.0 Å². The molecular weight excluding hydrogens is 478 g/mol. The molecule has 0 saturated carbocycles. The maximum absolute atomic E-state index is 14.1. The van der Waals surface area contributed by atoms with Crippen LogP contribution in [0, 0.1) is 17.6 Å². The van der Waals surface area contributed by atoms with Gasteiger partial charge in [-0.2, -0.15) is 18.3 Å². The van der Waals surface area contributed by atoms with Crippen molar-refractivity contribution in [3.63, 3.8) is 0 Å². The lowest BCUT2D eigenvalue weighted by Crippen LogP contribution is -2.42. The standard InChI is InChI=1S/C22H24F6N6O/c1-2-32(6-4-3-5-23)21(35)16-8-17-14(9-29-16)19(31-34(17)12-22(26,27)28)18-10-30-20-15(25)7-13(24)11-33(18)20/h7-11,14,17,21,35H,2-6,12H2,1H3. The van der Waals surface area contributed by atoms with Crippen LogP contribution in [0.4, 0.5) is 26.3 Å². The summed E-state index contributed by atoms with van der Waals surface area (Å²) in [6.07, 6.45) is 0.0369. The Bertz CT molecular complexity index is 1160. The van der Waals surface area contributed by atoms with Crippen molar-refractivity contribution in [2.75, 3.05) is 26.3 Å². The van der Waals surface area contributed by atoms with Gasteiger partial charge in [-0.05, 0) is 25.5 Å². The molecule has 4 heterocycles. The quantitative estimate of drug-likeness (QED) is 0.324. The summed E-state index contributed by atoms with van der Waals surface area (Å²) in [5, 5.41) is 15.8. The number of pyridine rings is 1. The molecule has 2 aromatic rings. The van der Waals surface area contributed by atoms with Crippen molar-refractivity contribution >= 4 is 17.6 Å². The topological polar surface area (TPSA) is 68.7 Å². The van der Waals surface area contributed by atoms with E-state index in [1.165, 1.54) is 18.5 Å². The van der Waals surface area contributed by atoms with E-state index < -0.39 is 49.2 Å². The third-order valence-electron chi connectivity index (χ3n) is 5.97. The first-order valence-corrected chi connectivity index (χ1v) is 11.1. The summed E-state index contributed by atoms with van der Waals surface area (Å²) >= 11 is 0. The van der Waals surface area contributed by atoms with Gasteiger partial charge in [-0.15, -0.1) is 0 Å². The normalized spacial score (nSPS) is 21.0. The van der Waals surface area contributed by atoms with Gasteiger partial charge in [0.25, 0.3) is 0 Å². The average molecular weight is 502 g/mol. The lowest BCUT2D eigenvalue weighted by Gasteiger charge is -2.31. The molecule has 0 aromatic carbocycles. The number of fused-ring (bicyclic) bond motifs is 2. The highest BCUT2D eigenvalue weighted by atomic mass is 19.4. The number of hydrogen-bond donors (Lipinski definition) is 1. The van der Waals surface area contributed by atoms with Gasteiger partial charge >= 0.3 is 6.18 Å². The van der Waals surface area contributed by atoms with E-state index in [4.69, 9.17) is 0 Å². The summed E-state index contributed by atoms with van der Waals surface area (Å²) in [5.74, 6) is -2.58. The third-order valence-corrected chi connectivity index (χ3v) is 5.97. The molecule has 2 aliphatic rings. The van der Waals surface area contributed by atoms with E-state index in [-0.39, 0.29) is 22.7 Å². The van der Waals surface area contributed by atoms with Crippen LogP contribution < -0.4 is 0 Å². The highest BCUT2D eigenvalue weighted by Crippen LogP contribution is 2.33. The number of aliphatic imine (C=N–C) groups is 1. The number of rotatable bonds is 9. The Morgan fingerprint density at radius 3 is 2.69 bits per heavy atom. The fourth-order valence-electron chi connectivity index (χ4n) is 4.30. The number of unbranched alkanes of at least 4 members (excludes halogenated alkanes) is 1. The molecule has 0 spiro atoms. The van der Waals surface area contributed by atoms with Gasteiger partial charge in [-0.1, -0.05) is 6.92 Å². The van der Waals surface area contributed by atoms with E-state index >= 15 is 0 Å². The zero-order valence-electron chi connectivity index (χ0n) is 18.8. The monoisotopic (exact) mass is 502 g/mol. The van der Waals surface area contributed by atoms with E-state index in [9.17, 15) is 31.4 Å².